The standard InChI is InChI=1S/C23H24N8O2/c1-29-10-12-30(13-11-29)21-7-6-20-26-27-22(31(20)28-21)19-14-16(8-9-24-19)23(32)25-17-4-3-5-18(15-17)33-2/h3-9,14-15H,10-13H2,1-2H3,(H,25,32). The van der Waals surface area contributed by atoms with Gasteiger partial charge in [0.2, 0.25) is 5.82 Å². The average Bonchev–Trinajstić information content (AvgIpc) is 3.28. The molecule has 0 spiro atoms. The Balaban J connectivity index is 1.42. The summed E-state index contributed by atoms with van der Waals surface area (Å²) in [7, 11) is 3.71. The maximum absolute atomic E-state index is 12.8. The van der Waals surface area contributed by atoms with E-state index in [1.807, 2.05) is 24.3 Å². The van der Waals surface area contributed by atoms with Crippen LogP contribution in [0.2, 0.25) is 0 Å². The van der Waals surface area contributed by atoms with Gasteiger partial charge in [0.25, 0.3) is 5.91 Å². The number of nitrogens with one attached hydrogen (secondary N) is 1. The van der Waals surface area contributed by atoms with Crippen molar-refractivity contribution in [3.63, 3.8) is 0 Å². The highest BCUT2D eigenvalue weighted by Crippen LogP contribution is 2.21. The fourth-order valence-electron chi connectivity index (χ4n) is 3.74. The average molecular weight is 444 g/mol. The highest BCUT2D eigenvalue weighted by Gasteiger charge is 2.18. The lowest BCUT2D eigenvalue weighted by molar-refractivity contribution is 0.102. The summed E-state index contributed by atoms with van der Waals surface area (Å²) in [4.78, 5) is 21.8. The first-order chi connectivity index (χ1) is 16.1. The zero-order valence-electron chi connectivity index (χ0n) is 18.5. The number of fused-ring (bicyclic) bond motifs is 1. The van der Waals surface area contributed by atoms with E-state index in [9.17, 15) is 4.79 Å². The number of hydrogen-bond acceptors (Lipinski definition) is 8. The van der Waals surface area contributed by atoms with Crippen LogP contribution in [0.15, 0.2) is 54.7 Å². The molecule has 0 atom stereocenters. The first-order valence-electron chi connectivity index (χ1n) is 10.7. The van der Waals surface area contributed by atoms with E-state index in [1.54, 1.807) is 42.1 Å². The molecule has 10 nitrogen and oxygen atoms in total. The summed E-state index contributed by atoms with van der Waals surface area (Å²) in [5.41, 5.74) is 2.23. The van der Waals surface area contributed by atoms with Crippen molar-refractivity contribution in [1.29, 1.82) is 0 Å². The second-order valence-corrected chi connectivity index (χ2v) is 7.89. The van der Waals surface area contributed by atoms with Crippen LogP contribution >= 0.6 is 0 Å². The number of benzene rings is 1. The van der Waals surface area contributed by atoms with E-state index in [1.165, 1.54) is 0 Å². The van der Waals surface area contributed by atoms with Crippen LogP contribution in [0, 0.1) is 0 Å². The van der Waals surface area contributed by atoms with E-state index in [2.05, 4.69) is 37.3 Å². The van der Waals surface area contributed by atoms with Gasteiger partial charge in [0.15, 0.2) is 5.65 Å². The van der Waals surface area contributed by atoms with Gasteiger partial charge in [-0.3, -0.25) is 9.78 Å². The monoisotopic (exact) mass is 444 g/mol. The van der Waals surface area contributed by atoms with E-state index in [4.69, 9.17) is 9.84 Å². The predicted molar refractivity (Wildman–Crippen MR) is 125 cm³/mol. The fraction of sp³-hybridized carbons (Fsp3) is 0.261. The maximum Gasteiger partial charge on any atom is 0.255 e. The van der Waals surface area contributed by atoms with Crippen molar-refractivity contribution >= 4 is 23.1 Å². The van der Waals surface area contributed by atoms with Gasteiger partial charge in [-0.2, -0.15) is 4.52 Å². The van der Waals surface area contributed by atoms with Gasteiger partial charge in [-0.25, -0.2) is 0 Å². The number of aromatic nitrogens is 5. The number of nitrogens with zero attached hydrogens (tertiary/aromatic N) is 7. The molecule has 3 aromatic heterocycles. The molecule has 1 amide bonds. The molecule has 0 saturated carbocycles. The van der Waals surface area contributed by atoms with E-state index in [0.717, 1.165) is 32.0 Å². The Morgan fingerprint density at radius 3 is 2.70 bits per heavy atom. The van der Waals surface area contributed by atoms with Crippen molar-refractivity contribution in [3.05, 3.63) is 60.3 Å². The quantitative estimate of drug-likeness (QED) is 0.500. The number of rotatable bonds is 5. The van der Waals surface area contributed by atoms with Crippen LogP contribution in [-0.2, 0) is 0 Å². The Hall–Kier alpha value is -4.05. The number of carbonyl (C=O) groups is 1. The lowest BCUT2D eigenvalue weighted by Crippen LogP contribution is -2.44. The second kappa shape index (κ2) is 8.83. The van der Waals surface area contributed by atoms with Crippen LogP contribution in [-0.4, -0.2) is 75.9 Å². The summed E-state index contributed by atoms with van der Waals surface area (Å²) in [6, 6.07) is 14.4. The smallest absolute Gasteiger partial charge is 0.255 e. The number of ether oxygens (including phenoxy) is 1. The van der Waals surface area contributed by atoms with Crippen LogP contribution < -0.4 is 15.0 Å². The summed E-state index contributed by atoms with van der Waals surface area (Å²) >= 11 is 0. The van der Waals surface area contributed by atoms with Crippen molar-refractivity contribution in [2.24, 2.45) is 0 Å². The van der Waals surface area contributed by atoms with Gasteiger partial charge in [-0.05, 0) is 43.4 Å². The van der Waals surface area contributed by atoms with Gasteiger partial charge in [0, 0.05) is 49.7 Å². The molecule has 0 aliphatic carbocycles. The van der Waals surface area contributed by atoms with Crippen molar-refractivity contribution in [2.45, 2.75) is 0 Å². The van der Waals surface area contributed by atoms with Crippen molar-refractivity contribution in [1.82, 2.24) is 29.7 Å². The summed E-state index contributed by atoms with van der Waals surface area (Å²) in [6.45, 7) is 3.79. The number of amides is 1. The number of likely N-dealkylation sites (N-methyl/N-ethyl adjacent to an activating group) is 1. The Labute approximate surface area is 190 Å². The molecule has 33 heavy (non-hydrogen) atoms. The molecular weight excluding hydrogens is 420 g/mol. The molecule has 1 aliphatic rings. The van der Waals surface area contributed by atoms with Crippen molar-refractivity contribution in [2.75, 3.05) is 50.6 Å². The fourth-order valence-corrected chi connectivity index (χ4v) is 3.74. The number of anilines is 2. The third-order valence-corrected chi connectivity index (χ3v) is 5.65. The summed E-state index contributed by atoms with van der Waals surface area (Å²) in [5.74, 6) is 1.76. The van der Waals surface area contributed by atoms with Crippen LogP contribution in [0.4, 0.5) is 11.5 Å². The SMILES string of the molecule is COc1cccc(NC(=O)c2ccnc(-c3nnc4ccc(N5CCN(C)CC5)nn34)c2)c1. The molecule has 0 radical (unpaired) electrons. The Morgan fingerprint density at radius 1 is 1.03 bits per heavy atom. The lowest BCUT2D eigenvalue weighted by atomic mass is 10.2. The third-order valence-electron chi connectivity index (χ3n) is 5.65. The molecule has 0 unspecified atom stereocenters. The lowest BCUT2D eigenvalue weighted by Gasteiger charge is -2.33. The Kier molecular flexibility index (Phi) is 5.57. The number of piperazine rings is 1. The maximum atomic E-state index is 12.8. The summed E-state index contributed by atoms with van der Waals surface area (Å²) in [5, 5.41) is 16.2. The third kappa shape index (κ3) is 4.33. The minimum atomic E-state index is -0.258. The Morgan fingerprint density at radius 2 is 1.88 bits per heavy atom. The number of hydrogen-bond donors (Lipinski definition) is 1. The number of pyridine rings is 1. The molecule has 5 rings (SSSR count). The highest BCUT2D eigenvalue weighted by atomic mass is 16.5. The van der Waals surface area contributed by atoms with Crippen LogP contribution in [0.1, 0.15) is 10.4 Å². The molecule has 10 heteroatoms. The molecule has 4 aromatic rings. The molecule has 0 bridgehead atoms. The van der Waals surface area contributed by atoms with Gasteiger partial charge < -0.3 is 19.9 Å². The van der Waals surface area contributed by atoms with Gasteiger partial charge in [-0.1, -0.05) is 6.07 Å². The first-order valence-corrected chi connectivity index (χ1v) is 10.7. The first kappa shape index (κ1) is 20.8. The molecule has 1 fully saturated rings. The molecule has 1 saturated heterocycles. The summed E-state index contributed by atoms with van der Waals surface area (Å²) in [6.07, 6.45) is 1.58. The highest BCUT2D eigenvalue weighted by molar-refractivity contribution is 6.04. The minimum absolute atomic E-state index is 0.258. The van der Waals surface area contributed by atoms with Gasteiger partial charge >= 0.3 is 0 Å². The number of methoxy groups -OCH3 is 1. The van der Waals surface area contributed by atoms with Gasteiger partial charge in [0.1, 0.15) is 17.3 Å². The van der Waals surface area contributed by atoms with Gasteiger partial charge in [0.05, 0.1) is 7.11 Å². The van der Waals surface area contributed by atoms with Crippen LogP contribution in [0.3, 0.4) is 0 Å². The minimum Gasteiger partial charge on any atom is -0.497 e. The number of carbonyl (C=O) groups excluding carboxylic acids is 1. The second-order valence-electron chi connectivity index (χ2n) is 7.89. The topological polar surface area (TPSA) is 101 Å². The van der Waals surface area contributed by atoms with E-state index in [-0.39, 0.29) is 5.91 Å². The van der Waals surface area contributed by atoms with Crippen molar-refractivity contribution < 1.29 is 9.53 Å². The van der Waals surface area contributed by atoms with Crippen molar-refractivity contribution in [3.8, 4) is 17.3 Å². The van der Waals surface area contributed by atoms with Gasteiger partial charge in [-0.15, -0.1) is 15.3 Å². The molecule has 1 aromatic carbocycles. The largest absolute Gasteiger partial charge is 0.497 e. The van der Waals surface area contributed by atoms with Crippen LogP contribution in [0.5, 0.6) is 5.75 Å². The van der Waals surface area contributed by atoms with E-state index >= 15 is 0 Å². The molecule has 1 N–H and O–H groups in total. The molecule has 1 aliphatic heterocycles. The zero-order valence-corrected chi connectivity index (χ0v) is 18.5. The molecule has 168 valence electrons. The van der Waals surface area contributed by atoms with Crippen LogP contribution in [0.25, 0.3) is 17.2 Å². The molecular formula is C23H24N8O2. The molecule has 4 heterocycles. The zero-order chi connectivity index (χ0) is 22.8. The normalized spacial score (nSPS) is 14.4. The van der Waals surface area contributed by atoms with E-state index < -0.39 is 0 Å². The summed E-state index contributed by atoms with van der Waals surface area (Å²) < 4.78 is 6.90. The predicted octanol–water partition coefficient (Wildman–Crippen LogP) is 2.20. The Bertz CT molecular complexity index is 1300. The van der Waals surface area contributed by atoms with E-state index in [0.29, 0.717) is 34.2 Å².